The Balaban J connectivity index is 1.59. The Morgan fingerprint density at radius 2 is 1.74 bits per heavy atom. The molecule has 5 rings (SSSR count). The highest BCUT2D eigenvalue weighted by atomic mass is 19.1. The van der Waals surface area contributed by atoms with E-state index in [1.165, 1.54) is 17.7 Å². The summed E-state index contributed by atoms with van der Waals surface area (Å²) in [6.45, 7) is 9.10. The van der Waals surface area contributed by atoms with E-state index in [1.807, 2.05) is 18.2 Å². The van der Waals surface area contributed by atoms with Gasteiger partial charge in [-0.25, -0.2) is 9.07 Å². The molecule has 0 unspecified atom stereocenters. The fraction of sp³-hybridized carbons (Fsp3) is 0.385. The van der Waals surface area contributed by atoms with Crippen LogP contribution in [0.5, 0.6) is 0 Å². The average molecular weight is 476 g/mol. The number of fused-ring (bicyclic) bond motifs is 1. The normalized spacial score (nSPS) is 16.1. The number of likely N-dealkylation sites (N-methyl/N-ethyl adjacent to an activating group) is 1. The van der Waals surface area contributed by atoms with Gasteiger partial charge in [0.05, 0.1) is 6.54 Å². The molecule has 1 aliphatic heterocycles. The van der Waals surface area contributed by atoms with Crippen LogP contribution < -0.4 is 5.56 Å². The Morgan fingerprint density at radius 3 is 2.46 bits per heavy atom. The van der Waals surface area contributed by atoms with Crippen LogP contribution in [0, 0.1) is 5.82 Å². The van der Waals surface area contributed by atoms with Crippen molar-refractivity contribution >= 4 is 10.9 Å². The number of H-pyrrole nitrogens is 1. The molecule has 2 aromatic heterocycles. The number of hydrogen-bond acceptors (Lipinski definition) is 6. The molecule has 3 heterocycles. The van der Waals surface area contributed by atoms with Crippen molar-refractivity contribution in [2.24, 2.45) is 0 Å². The van der Waals surface area contributed by atoms with Crippen molar-refractivity contribution in [2.45, 2.75) is 32.9 Å². The number of aryl methyl sites for hydroxylation is 1. The summed E-state index contributed by atoms with van der Waals surface area (Å²) in [5, 5.41) is 13.6. The smallest absolute Gasteiger partial charge is 0.253 e. The Labute approximate surface area is 203 Å². The van der Waals surface area contributed by atoms with Crippen LogP contribution in [-0.2, 0) is 13.0 Å². The van der Waals surface area contributed by atoms with Gasteiger partial charge in [-0.15, -0.1) is 5.10 Å². The van der Waals surface area contributed by atoms with E-state index in [2.05, 4.69) is 50.2 Å². The summed E-state index contributed by atoms with van der Waals surface area (Å²) in [6.07, 6.45) is 0.919. The zero-order chi connectivity index (χ0) is 24.4. The first-order valence-corrected chi connectivity index (χ1v) is 12.2. The molecule has 1 aliphatic rings. The summed E-state index contributed by atoms with van der Waals surface area (Å²) in [4.78, 5) is 21.1. The van der Waals surface area contributed by atoms with E-state index in [-0.39, 0.29) is 11.4 Å². The summed E-state index contributed by atoms with van der Waals surface area (Å²) < 4.78 is 15.1. The maximum atomic E-state index is 13.4. The van der Waals surface area contributed by atoms with Gasteiger partial charge in [0.1, 0.15) is 11.9 Å². The minimum atomic E-state index is -0.400. The highest BCUT2D eigenvalue weighted by molar-refractivity contribution is 5.80. The maximum Gasteiger partial charge on any atom is 0.253 e. The molecule has 8 nitrogen and oxygen atoms in total. The van der Waals surface area contributed by atoms with Crippen LogP contribution in [0.1, 0.15) is 42.4 Å². The number of tetrazole rings is 1. The topological polar surface area (TPSA) is 82.9 Å². The van der Waals surface area contributed by atoms with Gasteiger partial charge in [-0.1, -0.05) is 32.0 Å². The minimum absolute atomic E-state index is 0.138. The lowest BCUT2D eigenvalue weighted by Gasteiger charge is -2.38. The van der Waals surface area contributed by atoms with Crippen molar-refractivity contribution in [3.8, 4) is 0 Å². The molecule has 182 valence electrons. The van der Waals surface area contributed by atoms with Crippen LogP contribution in [0.15, 0.2) is 53.3 Å². The van der Waals surface area contributed by atoms with E-state index in [1.54, 1.807) is 16.8 Å². The summed E-state index contributed by atoms with van der Waals surface area (Å²) in [7, 11) is 0. The molecule has 0 radical (unpaired) electrons. The van der Waals surface area contributed by atoms with Crippen molar-refractivity contribution < 1.29 is 4.39 Å². The highest BCUT2D eigenvalue weighted by Crippen LogP contribution is 2.28. The molecule has 0 aliphatic carbocycles. The van der Waals surface area contributed by atoms with Gasteiger partial charge >= 0.3 is 0 Å². The van der Waals surface area contributed by atoms with Gasteiger partial charge in [-0.2, -0.15) is 0 Å². The van der Waals surface area contributed by atoms with Crippen LogP contribution in [0.3, 0.4) is 0 Å². The first-order chi connectivity index (χ1) is 17.1. The van der Waals surface area contributed by atoms with Crippen molar-refractivity contribution in [2.75, 3.05) is 32.7 Å². The first kappa shape index (κ1) is 23.3. The maximum absolute atomic E-state index is 13.4. The summed E-state index contributed by atoms with van der Waals surface area (Å²) in [6, 6.07) is 14.0. The Morgan fingerprint density at radius 1 is 1.00 bits per heavy atom. The van der Waals surface area contributed by atoms with Gasteiger partial charge in [-0.05, 0) is 70.2 Å². The molecule has 2 aromatic carbocycles. The summed E-state index contributed by atoms with van der Waals surface area (Å²) in [5.74, 6) is 0.322. The number of hydrogen-bond donors (Lipinski definition) is 1. The third-order valence-corrected chi connectivity index (χ3v) is 6.91. The molecule has 0 spiro atoms. The van der Waals surface area contributed by atoms with E-state index in [4.69, 9.17) is 0 Å². The number of halogens is 1. The number of aromatic amines is 1. The van der Waals surface area contributed by atoms with Crippen LogP contribution in [-0.4, -0.2) is 67.7 Å². The quantitative estimate of drug-likeness (QED) is 0.443. The molecule has 4 aromatic rings. The Hall–Kier alpha value is -3.43. The van der Waals surface area contributed by atoms with Crippen LogP contribution >= 0.6 is 0 Å². The predicted molar refractivity (Wildman–Crippen MR) is 133 cm³/mol. The van der Waals surface area contributed by atoms with E-state index >= 15 is 0 Å². The number of nitrogens with zero attached hydrogens (tertiary/aromatic N) is 6. The SMILES string of the molecule is CCc1ccc2[nH]c(=O)c([C@@H](c3nnnn3Cc3ccc(F)cc3)N3CCN(CC)CC3)cc2c1. The largest absolute Gasteiger partial charge is 0.322 e. The van der Waals surface area contributed by atoms with Gasteiger partial charge in [-0.3, -0.25) is 9.69 Å². The molecule has 9 heteroatoms. The lowest BCUT2D eigenvalue weighted by molar-refractivity contribution is 0.108. The number of piperazine rings is 1. The predicted octanol–water partition coefficient (Wildman–Crippen LogP) is 2.99. The van der Waals surface area contributed by atoms with Gasteiger partial charge in [0.15, 0.2) is 5.82 Å². The monoisotopic (exact) mass is 475 g/mol. The fourth-order valence-electron chi connectivity index (χ4n) is 4.82. The molecule has 0 amide bonds. The van der Waals surface area contributed by atoms with Gasteiger partial charge < -0.3 is 9.88 Å². The Kier molecular flexibility index (Phi) is 6.70. The average Bonchev–Trinajstić information content (AvgIpc) is 3.33. The second-order valence-corrected chi connectivity index (χ2v) is 9.02. The first-order valence-electron chi connectivity index (χ1n) is 12.2. The Bertz CT molecular complexity index is 1360. The third kappa shape index (κ3) is 4.87. The third-order valence-electron chi connectivity index (χ3n) is 6.91. The van der Waals surface area contributed by atoms with Gasteiger partial charge in [0, 0.05) is 37.3 Å². The lowest BCUT2D eigenvalue weighted by Crippen LogP contribution is -2.49. The zero-order valence-electron chi connectivity index (χ0n) is 20.1. The van der Waals surface area contributed by atoms with Crippen molar-refractivity contribution in [3.63, 3.8) is 0 Å². The summed E-state index contributed by atoms with van der Waals surface area (Å²) in [5.41, 5.74) is 3.41. The van der Waals surface area contributed by atoms with Crippen molar-refractivity contribution in [1.82, 2.24) is 35.0 Å². The molecule has 1 atom stereocenters. The molecule has 1 N–H and O–H groups in total. The van der Waals surface area contributed by atoms with Crippen molar-refractivity contribution in [1.29, 1.82) is 0 Å². The molecular weight excluding hydrogens is 445 g/mol. The lowest BCUT2D eigenvalue weighted by atomic mass is 10.0. The molecular formula is C26H30FN7O. The highest BCUT2D eigenvalue weighted by Gasteiger charge is 2.32. The van der Waals surface area contributed by atoms with Gasteiger partial charge in [0.25, 0.3) is 5.56 Å². The number of aromatic nitrogens is 5. The molecule has 0 bridgehead atoms. The van der Waals surface area contributed by atoms with Gasteiger partial charge in [0.2, 0.25) is 0 Å². The van der Waals surface area contributed by atoms with Crippen LogP contribution in [0.2, 0.25) is 0 Å². The number of rotatable bonds is 7. The molecule has 1 saturated heterocycles. The molecule has 0 saturated carbocycles. The minimum Gasteiger partial charge on any atom is -0.322 e. The second-order valence-electron chi connectivity index (χ2n) is 9.02. The standard InChI is InChI=1S/C26H30FN7O/c1-3-18-7-10-23-20(15-18)16-22(26(35)28-23)24(33-13-11-32(4-2)12-14-33)25-29-30-31-34(25)17-19-5-8-21(27)9-6-19/h5-10,15-16,24H,3-4,11-14,17H2,1-2H3,(H,28,35)/t24-/m0/s1. The van der Waals surface area contributed by atoms with Crippen LogP contribution in [0.25, 0.3) is 10.9 Å². The van der Waals surface area contributed by atoms with E-state index in [0.717, 1.165) is 55.6 Å². The van der Waals surface area contributed by atoms with Crippen molar-refractivity contribution in [3.05, 3.63) is 87.2 Å². The fourth-order valence-corrected chi connectivity index (χ4v) is 4.82. The number of pyridine rings is 1. The van der Waals surface area contributed by atoms with E-state index < -0.39 is 6.04 Å². The van der Waals surface area contributed by atoms with E-state index in [9.17, 15) is 9.18 Å². The van der Waals surface area contributed by atoms with Crippen LogP contribution in [0.4, 0.5) is 4.39 Å². The second kappa shape index (κ2) is 10.1. The number of nitrogens with one attached hydrogen (secondary N) is 1. The van der Waals surface area contributed by atoms with E-state index in [0.29, 0.717) is 17.9 Å². The number of benzene rings is 2. The zero-order valence-corrected chi connectivity index (χ0v) is 20.1. The molecule has 1 fully saturated rings. The summed E-state index contributed by atoms with van der Waals surface area (Å²) >= 11 is 0. The molecule has 35 heavy (non-hydrogen) atoms.